The van der Waals surface area contributed by atoms with E-state index < -0.39 is 11.2 Å². The first-order chi connectivity index (χ1) is 13.0. The van der Waals surface area contributed by atoms with Crippen molar-refractivity contribution in [2.75, 3.05) is 13.1 Å². The van der Waals surface area contributed by atoms with Gasteiger partial charge in [-0.1, -0.05) is 42.5 Å². The molecule has 142 valence electrons. The maximum absolute atomic E-state index is 13.1. The van der Waals surface area contributed by atoms with Gasteiger partial charge >= 0.3 is 5.97 Å². The Bertz CT molecular complexity index is 793. The monoisotopic (exact) mass is 383 g/mol. The zero-order valence-corrected chi connectivity index (χ0v) is 16.3. The predicted octanol–water partition coefficient (Wildman–Crippen LogP) is 4.35. The summed E-state index contributed by atoms with van der Waals surface area (Å²) in [4.78, 5) is 27.0. The van der Waals surface area contributed by atoms with Gasteiger partial charge in [0.25, 0.3) is 5.91 Å². The molecule has 1 heterocycles. The fraction of sp³-hybridized carbons (Fsp3) is 0.364. The van der Waals surface area contributed by atoms with Crippen LogP contribution in [0, 0.1) is 5.92 Å². The van der Waals surface area contributed by atoms with E-state index in [-0.39, 0.29) is 5.91 Å². The largest absolute Gasteiger partial charge is 0.480 e. The molecule has 5 heteroatoms. The van der Waals surface area contributed by atoms with E-state index in [0.717, 1.165) is 37.2 Å². The third-order valence-corrected chi connectivity index (χ3v) is 6.11. The maximum atomic E-state index is 13.1. The lowest BCUT2D eigenvalue weighted by Gasteiger charge is -2.33. The minimum Gasteiger partial charge on any atom is -0.480 e. The van der Waals surface area contributed by atoms with Crippen LogP contribution in [0.1, 0.15) is 35.7 Å². The van der Waals surface area contributed by atoms with Gasteiger partial charge in [0.1, 0.15) is 5.25 Å². The molecule has 1 amide bonds. The van der Waals surface area contributed by atoms with Crippen LogP contribution in [-0.4, -0.2) is 40.2 Å². The van der Waals surface area contributed by atoms with Gasteiger partial charge in [-0.05, 0) is 49.8 Å². The lowest BCUT2D eigenvalue weighted by atomic mass is 9.91. The topological polar surface area (TPSA) is 57.6 Å². The SMILES string of the molecule is CC(Sc1ccccc1C(=O)N1CCCC(Cc2ccccc2)C1)C(=O)O. The highest BCUT2D eigenvalue weighted by molar-refractivity contribution is 8.00. The average Bonchev–Trinajstić information content (AvgIpc) is 2.69. The number of rotatable bonds is 6. The second-order valence-electron chi connectivity index (χ2n) is 7.04. The molecule has 2 aromatic carbocycles. The van der Waals surface area contributed by atoms with E-state index in [1.54, 1.807) is 13.0 Å². The molecule has 2 atom stereocenters. The summed E-state index contributed by atoms with van der Waals surface area (Å²) in [7, 11) is 0. The Labute approximate surface area is 164 Å². The number of carbonyl (C=O) groups is 2. The number of thioether (sulfide) groups is 1. The van der Waals surface area contributed by atoms with E-state index >= 15 is 0 Å². The van der Waals surface area contributed by atoms with Crippen molar-refractivity contribution in [3.8, 4) is 0 Å². The van der Waals surface area contributed by atoms with Gasteiger partial charge in [0.2, 0.25) is 0 Å². The number of hydrogen-bond acceptors (Lipinski definition) is 3. The van der Waals surface area contributed by atoms with E-state index in [4.69, 9.17) is 0 Å². The van der Waals surface area contributed by atoms with Crippen LogP contribution in [0.4, 0.5) is 0 Å². The van der Waals surface area contributed by atoms with Crippen LogP contribution in [0.3, 0.4) is 0 Å². The zero-order valence-electron chi connectivity index (χ0n) is 15.5. The van der Waals surface area contributed by atoms with Gasteiger partial charge in [0.15, 0.2) is 0 Å². The molecule has 1 aliphatic heterocycles. The molecule has 2 aromatic rings. The number of nitrogens with zero attached hydrogens (tertiary/aromatic N) is 1. The van der Waals surface area contributed by atoms with Crippen LogP contribution in [0.5, 0.6) is 0 Å². The Hall–Kier alpha value is -2.27. The van der Waals surface area contributed by atoms with Crippen LogP contribution < -0.4 is 0 Å². The van der Waals surface area contributed by atoms with Crippen molar-refractivity contribution in [1.82, 2.24) is 4.90 Å². The first-order valence-electron chi connectivity index (χ1n) is 9.36. The van der Waals surface area contributed by atoms with Gasteiger partial charge in [-0.3, -0.25) is 9.59 Å². The average molecular weight is 384 g/mol. The highest BCUT2D eigenvalue weighted by Gasteiger charge is 2.26. The van der Waals surface area contributed by atoms with Crippen molar-refractivity contribution >= 4 is 23.6 Å². The molecule has 4 nitrogen and oxygen atoms in total. The summed E-state index contributed by atoms with van der Waals surface area (Å²) < 4.78 is 0. The highest BCUT2D eigenvalue weighted by atomic mass is 32.2. The molecule has 1 saturated heterocycles. The Morgan fingerprint density at radius 1 is 1.15 bits per heavy atom. The molecule has 2 unspecified atom stereocenters. The lowest BCUT2D eigenvalue weighted by Crippen LogP contribution is -2.40. The van der Waals surface area contributed by atoms with E-state index in [0.29, 0.717) is 11.5 Å². The van der Waals surface area contributed by atoms with Crippen molar-refractivity contribution in [3.05, 3.63) is 65.7 Å². The molecule has 1 aliphatic rings. The fourth-order valence-corrected chi connectivity index (χ4v) is 4.44. The van der Waals surface area contributed by atoms with Crippen LogP contribution in [-0.2, 0) is 11.2 Å². The molecule has 0 aliphatic carbocycles. The lowest BCUT2D eigenvalue weighted by molar-refractivity contribution is -0.136. The van der Waals surface area contributed by atoms with Gasteiger partial charge in [-0.15, -0.1) is 11.8 Å². The molecular weight excluding hydrogens is 358 g/mol. The Balaban J connectivity index is 1.71. The molecule has 0 radical (unpaired) electrons. The Morgan fingerprint density at radius 3 is 2.59 bits per heavy atom. The second-order valence-corrected chi connectivity index (χ2v) is 8.43. The van der Waals surface area contributed by atoms with Gasteiger partial charge < -0.3 is 10.0 Å². The number of aliphatic carboxylic acids is 1. The summed E-state index contributed by atoms with van der Waals surface area (Å²) in [6.07, 6.45) is 3.12. The minimum absolute atomic E-state index is 0.00782. The molecule has 0 spiro atoms. The number of likely N-dealkylation sites (tertiary alicyclic amines) is 1. The first kappa shape index (κ1) is 19.5. The molecular formula is C22H25NO3S. The number of amides is 1. The molecule has 0 bridgehead atoms. The van der Waals surface area contributed by atoms with Crippen molar-refractivity contribution < 1.29 is 14.7 Å². The van der Waals surface area contributed by atoms with Crippen LogP contribution in [0.25, 0.3) is 0 Å². The normalized spacial score (nSPS) is 18.1. The fourth-order valence-electron chi connectivity index (χ4n) is 3.52. The summed E-state index contributed by atoms with van der Waals surface area (Å²) in [5, 5.41) is 8.59. The van der Waals surface area contributed by atoms with Crippen molar-refractivity contribution in [2.45, 2.75) is 36.3 Å². The van der Waals surface area contributed by atoms with Gasteiger partial charge in [0, 0.05) is 18.0 Å². The number of piperidine rings is 1. The molecule has 27 heavy (non-hydrogen) atoms. The first-order valence-corrected chi connectivity index (χ1v) is 10.2. The third kappa shape index (κ3) is 5.13. The van der Waals surface area contributed by atoms with E-state index in [9.17, 15) is 14.7 Å². The van der Waals surface area contributed by atoms with Gasteiger partial charge in [-0.2, -0.15) is 0 Å². The maximum Gasteiger partial charge on any atom is 0.316 e. The summed E-state index contributed by atoms with van der Waals surface area (Å²) in [5.74, 6) is -0.403. The minimum atomic E-state index is -0.872. The highest BCUT2D eigenvalue weighted by Crippen LogP contribution is 2.29. The summed E-state index contributed by atoms with van der Waals surface area (Å²) >= 11 is 1.23. The van der Waals surface area contributed by atoms with Crippen LogP contribution >= 0.6 is 11.8 Å². The molecule has 1 N–H and O–H groups in total. The number of carboxylic acid groups (broad SMARTS) is 1. The van der Waals surface area contributed by atoms with E-state index in [2.05, 4.69) is 24.3 Å². The molecule has 3 rings (SSSR count). The molecule has 1 fully saturated rings. The Morgan fingerprint density at radius 2 is 1.85 bits per heavy atom. The third-order valence-electron chi connectivity index (χ3n) is 4.94. The Kier molecular flexibility index (Phi) is 6.56. The quantitative estimate of drug-likeness (QED) is 0.754. The zero-order chi connectivity index (χ0) is 19.2. The van der Waals surface area contributed by atoms with Crippen LogP contribution in [0.15, 0.2) is 59.5 Å². The van der Waals surface area contributed by atoms with Crippen LogP contribution in [0.2, 0.25) is 0 Å². The van der Waals surface area contributed by atoms with Crippen molar-refractivity contribution in [3.63, 3.8) is 0 Å². The standard InChI is InChI=1S/C22H25NO3S/c1-16(22(25)26)27-20-12-6-5-11-19(20)21(24)23-13-7-10-18(15-23)14-17-8-3-2-4-9-17/h2-6,8-9,11-12,16,18H,7,10,13-15H2,1H3,(H,25,26). The number of benzene rings is 2. The van der Waals surface area contributed by atoms with Crippen molar-refractivity contribution in [1.29, 1.82) is 0 Å². The van der Waals surface area contributed by atoms with E-state index in [1.807, 2.05) is 29.2 Å². The van der Waals surface area contributed by atoms with Gasteiger partial charge in [-0.25, -0.2) is 0 Å². The van der Waals surface area contributed by atoms with Crippen molar-refractivity contribution in [2.24, 2.45) is 5.92 Å². The summed E-state index contributed by atoms with van der Waals surface area (Å²) in [5.41, 5.74) is 1.92. The second kappa shape index (κ2) is 9.09. The number of carbonyl (C=O) groups excluding carboxylic acids is 1. The number of hydrogen-bond donors (Lipinski definition) is 1. The summed E-state index contributed by atoms with van der Waals surface area (Å²) in [6.45, 7) is 3.16. The van der Waals surface area contributed by atoms with Gasteiger partial charge in [0.05, 0.1) is 5.56 Å². The summed E-state index contributed by atoms with van der Waals surface area (Å²) in [6, 6.07) is 17.7. The smallest absolute Gasteiger partial charge is 0.316 e. The molecule has 0 saturated carbocycles. The molecule has 0 aromatic heterocycles. The number of carboxylic acids is 1. The predicted molar refractivity (Wildman–Crippen MR) is 108 cm³/mol. The van der Waals surface area contributed by atoms with E-state index in [1.165, 1.54) is 17.3 Å².